The zero-order chi connectivity index (χ0) is 14.5. The van der Waals surface area contributed by atoms with Crippen LogP contribution in [0.15, 0.2) is 30.5 Å². The van der Waals surface area contributed by atoms with Crippen molar-refractivity contribution >= 4 is 34.8 Å². The molecule has 0 unspecified atom stereocenters. The van der Waals surface area contributed by atoms with Crippen molar-refractivity contribution in [1.29, 1.82) is 0 Å². The number of hydrogen-bond donors (Lipinski definition) is 2. The molecule has 0 aliphatic rings. The van der Waals surface area contributed by atoms with Crippen LogP contribution in [-0.2, 0) is 4.79 Å². The molecular formula is C12H10ClKN4O3. The van der Waals surface area contributed by atoms with Crippen LogP contribution in [0.1, 0.15) is 0 Å². The van der Waals surface area contributed by atoms with Gasteiger partial charge in [-0.2, -0.15) is 0 Å². The number of nitrogen functional groups attached to an aromatic ring is 1. The predicted octanol–water partition coefficient (Wildman–Crippen LogP) is -0.484. The molecule has 21 heavy (non-hydrogen) atoms. The number of benzene rings is 1. The summed E-state index contributed by atoms with van der Waals surface area (Å²) in [6, 6.07) is 6.49. The van der Waals surface area contributed by atoms with Gasteiger partial charge in [-0.3, -0.25) is 0 Å². The quantitative estimate of drug-likeness (QED) is 0.564. The van der Waals surface area contributed by atoms with Crippen molar-refractivity contribution in [1.82, 2.24) is 9.97 Å². The van der Waals surface area contributed by atoms with Crippen molar-refractivity contribution in [2.24, 2.45) is 0 Å². The minimum Gasteiger partial charge on any atom is -0.482 e. The Morgan fingerprint density at radius 1 is 1.38 bits per heavy atom. The van der Waals surface area contributed by atoms with Gasteiger partial charge in [-0.05, 0) is 23.6 Å². The number of carboxylic acid groups (broad SMARTS) is 1. The summed E-state index contributed by atoms with van der Waals surface area (Å²) in [5.41, 5.74) is 6.56. The number of carbonyl (C=O) groups is 1. The van der Waals surface area contributed by atoms with Gasteiger partial charge in [0.2, 0.25) is 0 Å². The fourth-order valence-electron chi connectivity index (χ4n) is 1.34. The summed E-state index contributed by atoms with van der Waals surface area (Å²) in [5, 5.41) is 12.8. The summed E-state index contributed by atoms with van der Waals surface area (Å²) >= 11 is 5.67. The van der Waals surface area contributed by atoms with Gasteiger partial charge in [0.1, 0.15) is 11.0 Å². The second-order valence-corrected chi connectivity index (χ2v) is 4.04. The maximum atomic E-state index is 10.4. The van der Waals surface area contributed by atoms with Crippen molar-refractivity contribution in [2.45, 2.75) is 0 Å². The first-order chi connectivity index (χ1) is 9.54. The Morgan fingerprint density at radius 2 is 2.05 bits per heavy atom. The van der Waals surface area contributed by atoms with E-state index < -0.39 is 12.6 Å². The zero-order valence-electron chi connectivity index (χ0n) is 11.2. The van der Waals surface area contributed by atoms with Gasteiger partial charge in [0.15, 0.2) is 6.61 Å². The van der Waals surface area contributed by atoms with Crippen molar-refractivity contribution in [3.8, 4) is 5.75 Å². The molecule has 0 radical (unpaired) electrons. The van der Waals surface area contributed by atoms with E-state index in [2.05, 4.69) is 15.3 Å². The fraction of sp³-hybridized carbons (Fsp3) is 0.0833. The van der Waals surface area contributed by atoms with E-state index in [9.17, 15) is 4.79 Å². The molecule has 0 saturated heterocycles. The molecule has 1 heterocycles. The Morgan fingerprint density at radius 3 is 2.67 bits per heavy atom. The summed E-state index contributed by atoms with van der Waals surface area (Å²) in [7, 11) is 0. The topological polar surface area (TPSA) is 112 Å². The standard InChI is InChI=1S/C12H11ClN4O3.K/c13-12-15-5-9(14)11(17-12)16-7-1-3-8(4-2-7)20-6-10(18)19;/h1-5H,6,14H2,(H2,15,16,17,18,19);/q;+1/p-1. The minimum absolute atomic E-state index is 0. The van der Waals surface area contributed by atoms with E-state index in [4.69, 9.17) is 27.2 Å². The van der Waals surface area contributed by atoms with Crippen molar-refractivity contribution < 1.29 is 66.0 Å². The van der Waals surface area contributed by atoms with Crippen LogP contribution in [0.4, 0.5) is 17.2 Å². The molecule has 3 N–H and O–H groups in total. The largest absolute Gasteiger partial charge is 1.00 e. The molecule has 0 saturated carbocycles. The van der Waals surface area contributed by atoms with Crippen molar-refractivity contribution in [3.05, 3.63) is 41.1 Å². The SMILES string of the molecule is Nc1cnc(Cl)nc1[N-]c1ccc(OCC(=O)O)cc1.[K+]. The molecule has 0 amide bonds. The zero-order valence-corrected chi connectivity index (χ0v) is 15.0. The molecule has 2 rings (SSSR count). The molecule has 0 aliphatic carbocycles. The molecule has 2 aromatic rings. The van der Waals surface area contributed by atoms with E-state index in [1.165, 1.54) is 6.20 Å². The first-order valence-corrected chi connectivity index (χ1v) is 5.87. The van der Waals surface area contributed by atoms with E-state index >= 15 is 0 Å². The van der Waals surface area contributed by atoms with E-state index in [-0.39, 0.29) is 62.5 Å². The van der Waals surface area contributed by atoms with E-state index in [0.717, 1.165) is 0 Å². The second-order valence-electron chi connectivity index (χ2n) is 3.71. The molecule has 1 aromatic heterocycles. The van der Waals surface area contributed by atoms with E-state index in [0.29, 0.717) is 17.1 Å². The Labute approximate surface area is 168 Å². The number of aliphatic carboxylic acids is 1. The van der Waals surface area contributed by atoms with Crippen LogP contribution in [0.25, 0.3) is 5.32 Å². The molecular weight excluding hydrogens is 323 g/mol. The van der Waals surface area contributed by atoms with Crippen LogP contribution in [0, 0.1) is 0 Å². The molecule has 9 heteroatoms. The third-order valence-corrected chi connectivity index (χ3v) is 2.38. The third-order valence-electron chi connectivity index (χ3n) is 2.20. The van der Waals surface area contributed by atoms with Crippen molar-refractivity contribution in [3.63, 3.8) is 0 Å². The van der Waals surface area contributed by atoms with Gasteiger partial charge in [-0.25, -0.2) is 9.78 Å². The maximum Gasteiger partial charge on any atom is 1.00 e. The normalized spacial score (nSPS) is 9.57. The van der Waals surface area contributed by atoms with Crippen LogP contribution < -0.4 is 61.9 Å². The average molecular weight is 333 g/mol. The van der Waals surface area contributed by atoms with Crippen molar-refractivity contribution in [2.75, 3.05) is 12.3 Å². The number of anilines is 1. The number of aromatic nitrogens is 2. The summed E-state index contributed by atoms with van der Waals surface area (Å²) in [6.07, 6.45) is 1.37. The number of rotatable bonds is 5. The number of nitrogens with two attached hydrogens (primary N) is 1. The summed E-state index contributed by atoms with van der Waals surface area (Å²) in [6.45, 7) is -0.398. The summed E-state index contributed by atoms with van der Waals surface area (Å²) < 4.78 is 5.00. The summed E-state index contributed by atoms with van der Waals surface area (Å²) in [4.78, 5) is 18.0. The van der Waals surface area contributed by atoms with Gasteiger partial charge in [0.25, 0.3) is 0 Å². The molecule has 0 aliphatic heterocycles. The first-order valence-electron chi connectivity index (χ1n) is 5.49. The smallest absolute Gasteiger partial charge is 0.482 e. The van der Waals surface area contributed by atoms with Crippen LogP contribution >= 0.6 is 11.6 Å². The average Bonchev–Trinajstić information content (AvgIpc) is 2.42. The first kappa shape index (κ1) is 18.1. The predicted molar refractivity (Wildman–Crippen MR) is 73.7 cm³/mol. The molecule has 104 valence electrons. The molecule has 1 aromatic carbocycles. The second kappa shape index (κ2) is 8.52. The van der Waals surface area contributed by atoms with Crippen LogP contribution in [-0.4, -0.2) is 27.7 Å². The third kappa shape index (κ3) is 5.77. The fourth-order valence-corrected chi connectivity index (χ4v) is 1.46. The Balaban J connectivity index is 0.00000220. The molecule has 0 atom stereocenters. The maximum absolute atomic E-state index is 10.4. The number of ether oxygens (including phenoxy) is 1. The van der Waals surface area contributed by atoms with Crippen LogP contribution in [0.5, 0.6) is 5.75 Å². The molecule has 0 bridgehead atoms. The Bertz CT molecular complexity index is 624. The minimum atomic E-state index is -1.04. The monoisotopic (exact) mass is 332 g/mol. The van der Waals surface area contributed by atoms with Gasteiger partial charge >= 0.3 is 57.4 Å². The van der Waals surface area contributed by atoms with Gasteiger partial charge in [-0.15, -0.1) is 0 Å². The van der Waals surface area contributed by atoms with Gasteiger partial charge < -0.3 is 25.9 Å². The van der Waals surface area contributed by atoms with E-state index in [1.807, 2.05) is 0 Å². The summed E-state index contributed by atoms with van der Waals surface area (Å²) in [5.74, 6) is -0.341. The van der Waals surface area contributed by atoms with Crippen LogP contribution in [0.2, 0.25) is 5.28 Å². The van der Waals surface area contributed by atoms with Gasteiger partial charge in [0.05, 0.1) is 6.20 Å². The Hall–Kier alpha value is -0.904. The van der Waals surface area contributed by atoms with E-state index in [1.54, 1.807) is 24.3 Å². The van der Waals surface area contributed by atoms with Crippen LogP contribution in [0.3, 0.4) is 0 Å². The number of halogens is 1. The number of carboxylic acids is 1. The molecule has 0 fully saturated rings. The van der Waals surface area contributed by atoms with Gasteiger partial charge in [-0.1, -0.05) is 23.7 Å². The number of nitrogens with zero attached hydrogens (tertiary/aromatic N) is 3. The molecule has 0 spiro atoms. The Kier molecular flexibility index (Phi) is 7.36. The number of hydrogen-bond acceptors (Lipinski definition) is 5. The van der Waals surface area contributed by atoms with Gasteiger partial charge in [0, 0.05) is 5.69 Å². The molecule has 7 nitrogen and oxygen atoms in total.